The van der Waals surface area contributed by atoms with Gasteiger partial charge in [0.15, 0.2) is 0 Å². The fourth-order valence-corrected chi connectivity index (χ4v) is 1.56. The lowest BCUT2D eigenvalue weighted by Gasteiger charge is -2.08. The largest absolute Gasteiger partial charge is 0.338 e. The molecule has 0 radical (unpaired) electrons. The molecule has 2 amide bonds. The lowest BCUT2D eigenvalue weighted by Crippen LogP contribution is -2.29. The third-order valence-electron chi connectivity index (χ3n) is 2.37. The molecule has 0 spiro atoms. The van der Waals surface area contributed by atoms with E-state index in [1.54, 1.807) is 18.2 Å². The molecular weight excluding hydrogens is 262 g/mol. The van der Waals surface area contributed by atoms with Crippen LogP contribution in [-0.4, -0.2) is 19.1 Å². The van der Waals surface area contributed by atoms with Crippen LogP contribution in [0.5, 0.6) is 0 Å². The number of hydrogen-bond acceptors (Lipinski definition) is 2. The summed E-state index contributed by atoms with van der Waals surface area (Å²) in [5.41, 5.74) is 6.62. The topological polar surface area (TPSA) is 67.2 Å². The Morgan fingerprint density at radius 2 is 2.26 bits per heavy atom. The minimum absolute atomic E-state index is 0.228. The first-order chi connectivity index (χ1) is 9.17. The summed E-state index contributed by atoms with van der Waals surface area (Å²) in [5, 5.41) is 6.05. The number of amides is 2. The fourth-order valence-electron chi connectivity index (χ4n) is 1.40. The maximum absolute atomic E-state index is 11.6. The van der Waals surface area contributed by atoms with Gasteiger partial charge in [-0.25, -0.2) is 4.79 Å². The van der Waals surface area contributed by atoms with E-state index in [1.165, 1.54) is 0 Å². The van der Waals surface area contributed by atoms with Gasteiger partial charge in [-0.2, -0.15) is 0 Å². The van der Waals surface area contributed by atoms with E-state index in [-0.39, 0.29) is 12.6 Å². The van der Waals surface area contributed by atoms with Gasteiger partial charge < -0.3 is 16.4 Å². The van der Waals surface area contributed by atoms with Crippen LogP contribution >= 0.6 is 11.6 Å². The van der Waals surface area contributed by atoms with E-state index >= 15 is 0 Å². The Morgan fingerprint density at radius 3 is 2.95 bits per heavy atom. The number of carbonyl (C=O) groups is 1. The number of hydrogen-bond donors (Lipinski definition) is 3. The Hall–Kier alpha value is -1.70. The summed E-state index contributed by atoms with van der Waals surface area (Å²) in [6.45, 7) is 3.00. The maximum atomic E-state index is 11.6. The van der Waals surface area contributed by atoms with Crippen molar-refractivity contribution in [3.05, 3.63) is 28.8 Å². The highest BCUT2D eigenvalue weighted by molar-refractivity contribution is 6.31. The molecule has 0 atom stereocenters. The molecule has 102 valence electrons. The molecule has 0 heterocycles. The number of urea groups is 1. The van der Waals surface area contributed by atoms with Crippen LogP contribution in [0.4, 0.5) is 10.5 Å². The van der Waals surface area contributed by atoms with E-state index in [0.29, 0.717) is 22.8 Å². The van der Waals surface area contributed by atoms with Crippen molar-refractivity contribution in [1.82, 2.24) is 5.32 Å². The SMILES string of the molecule is CCCCNC(=O)Nc1ccc(Cl)c(C#CCN)c1. The second kappa shape index (κ2) is 8.41. The Balaban J connectivity index is 2.66. The molecule has 0 bridgehead atoms. The van der Waals surface area contributed by atoms with Crippen molar-refractivity contribution in [2.45, 2.75) is 19.8 Å². The third kappa shape index (κ3) is 5.64. The lowest BCUT2D eigenvalue weighted by atomic mass is 10.2. The number of carbonyl (C=O) groups excluding carboxylic acids is 1. The van der Waals surface area contributed by atoms with Gasteiger partial charge in [0.1, 0.15) is 0 Å². The first-order valence-corrected chi connectivity index (χ1v) is 6.58. The van der Waals surface area contributed by atoms with E-state index < -0.39 is 0 Å². The highest BCUT2D eigenvalue weighted by Gasteiger charge is 2.03. The number of rotatable bonds is 4. The zero-order chi connectivity index (χ0) is 14.1. The molecule has 5 heteroatoms. The van der Waals surface area contributed by atoms with Gasteiger partial charge in [-0.15, -0.1) is 0 Å². The van der Waals surface area contributed by atoms with Crippen LogP contribution in [0, 0.1) is 11.8 Å². The molecule has 19 heavy (non-hydrogen) atoms. The number of nitrogens with one attached hydrogen (secondary N) is 2. The average molecular weight is 280 g/mol. The molecule has 0 fully saturated rings. The Labute approximate surface area is 118 Å². The van der Waals surface area contributed by atoms with Gasteiger partial charge >= 0.3 is 6.03 Å². The van der Waals surface area contributed by atoms with Gasteiger partial charge in [0.05, 0.1) is 11.6 Å². The van der Waals surface area contributed by atoms with Crippen molar-refractivity contribution >= 4 is 23.3 Å². The second-order valence-corrected chi connectivity index (χ2v) is 4.34. The number of benzene rings is 1. The van der Waals surface area contributed by atoms with E-state index in [9.17, 15) is 4.79 Å². The summed E-state index contributed by atoms with van der Waals surface area (Å²) in [7, 11) is 0. The Bertz CT molecular complexity index is 491. The fraction of sp³-hybridized carbons (Fsp3) is 0.357. The predicted molar refractivity (Wildman–Crippen MR) is 79.3 cm³/mol. The summed E-state index contributed by atoms with van der Waals surface area (Å²) in [4.78, 5) is 11.6. The molecule has 0 aliphatic carbocycles. The third-order valence-corrected chi connectivity index (χ3v) is 2.69. The molecule has 1 aromatic rings. The van der Waals surface area contributed by atoms with Gasteiger partial charge in [0, 0.05) is 17.8 Å². The van der Waals surface area contributed by atoms with Crippen LogP contribution in [0.2, 0.25) is 5.02 Å². The first kappa shape index (κ1) is 15.4. The highest BCUT2D eigenvalue weighted by atomic mass is 35.5. The molecule has 1 aromatic carbocycles. The number of unbranched alkanes of at least 4 members (excludes halogenated alkanes) is 1. The number of anilines is 1. The molecule has 0 saturated carbocycles. The van der Waals surface area contributed by atoms with Crippen LogP contribution < -0.4 is 16.4 Å². The smallest absolute Gasteiger partial charge is 0.319 e. The van der Waals surface area contributed by atoms with Gasteiger partial charge in [-0.3, -0.25) is 0 Å². The van der Waals surface area contributed by atoms with Gasteiger partial charge in [0.2, 0.25) is 0 Å². The minimum Gasteiger partial charge on any atom is -0.338 e. The summed E-state index contributed by atoms with van der Waals surface area (Å²) >= 11 is 6.00. The quantitative estimate of drug-likeness (QED) is 0.586. The zero-order valence-corrected chi connectivity index (χ0v) is 11.7. The van der Waals surface area contributed by atoms with Crippen molar-refractivity contribution in [2.75, 3.05) is 18.4 Å². The van der Waals surface area contributed by atoms with Gasteiger partial charge in [-0.05, 0) is 24.6 Å². The summed E-state index contributed by atoms with van der Waals surface area (Å²) in [5.74, 6) is 5.59. The monoisotopic (exact) mass is 279 g/mol. The van der Waals surface area contributed by atoms with Crippen molar-refractivity contribution in [1.29, 1.82) is 0 Å². The van der Waals surface area contributed by atoms with Crippen LogP contribution in [0.15, 0.2) is 18.2 Å². The molecule has 4 nitrogen and oxygen atoms in total. The second-order valence-electron chi connectivity index (χ2n) is 3.93. The number of nitrogens with two attached hydrogens (primary N) is 1. The van der Waals surface area contributed by atoms with E-state index in [2.05, 4.69) is 29.4 Å². The lowest BCUT2D eigenvalue weighted by molar-refractivity contribution is 0.252. The highest BCUT2D eigenvalue weighted by Crippen LogP contribution is 2.19. The van der Waals surface area contributed by atoms with Crippen molar-refractivity contribution in [3.63, 3.8) is 0 Å². The normalized spacial score (nSPS) is 9.42. The van der Waals surface area contributed by atoms with Crippen molar-refractivity contribution in [2.24, 2.45) is 5.73 Å². The average Bonchev–Trinajstić information content (AvgIpc) is 2.39. The van der Waals surface area contributed by atoms with E-state index in [4.69, 9.17) is 17.3 Å². The van der Waals surface area contributed by atoms with Crippen LogP contribution in [0.25, 0.3) is 0 Å². The Morgan fingerprint density at radius 1 is 1.47 bits per heavy atom. The van der Waals surface area contributed by atoms with Gasteiger partial charge in [-0.1, -0.05) is 36.8 Å². The molecule has 0 unspecified atom stereocenters. The van der Waals surface area contributed by atoms with Crippen LogP contribution in [0.3, 0.4) is 0 Å². The molecule has 0 aliphatic rings. The zero-order valence-electron chi connectivity index (χ0n) is 10.9. The Kier molecular flexibility index (Phi) is 6.80. The van der Waals surface area contributed by atoms with Crippen molar-refractivity contribution in [3.8, 4) is 11.8 Å². The maximum Gasteiger partial charge on any atom is 0.319 e. The number of halogens is 1. The molecule has 0 aliphatic heterocycles. The van der Waals surface area contributed by atoms with Crippen LogP contribution in [0.1, 0.15) is 25.3 Å². The van der Waals surface area contributed by atoms with E-state index in [0.717, 1.165) is 12.8 Å². The standard InChI is InChI=1S/C14H18ClN3O/c1-2-3-9-17-14(19)18-12-6-7-13(15)11(10-12)5-4-8-16/h6-7,10H,2-3,8-9,16H2,1H3,(H2,17,18,19). The molecule has 4 N–H and O–H groups in total. The van der Waals surface area contributed by atoms with Gasteiger partial charge in [0.25, 0.3) is 0 Å². The predicted octanol–water partition coefficient (Wildman–Crippen LogP) is 2.57. The van der Waals surface area contributed by atoms with Crippen molar-refractivity contribution < 1.29 is 4.79 Å². The van der Waals surface area contributed by atoms with E-state index in [1.807, 2.05) is 0 Å². The minimum atomic E-state index is -0.228. The summed E-state index contributed by atoms with van der Waals surface area (Å²) in [6, 6.07) is 4.93. The van der Waals surface area contributed by atoms with Crippen LogP contribution in [-0.2, 0) is 0 Å². The molecular formula is C14H18ClN3O. The summed E-state index contributed by atoms with van der Waals surface area (Å²) < 4.78 is 0. The summed E-state index contributed by atoms with van der Waals surface area (Å²) in [6.07, 6.45) is 2.00. The molecule has 0 aromatic heterocycles. The first-order valence-electron chi connectivity index (χ1n) is 6.20. The molecule has 1 rings (SSSR count). The molecule has 0 saturated heterocycles.